The van der Waals surface area contributed by atoms with E-state index in [-0.39, 0.29) is 35.0 Å². The zero-order chi connectivity index (χ0) is 21.7. The number of terminal acetylenes is 1. The number of nitro groups is 1. The summed E-state index contributed by atoms with van der Waals surface area (Å²) in [6, 6.07) is 13.0. The summed E-state index contributed by atoms with van der Waals surface area (Å²) in [5, 5.41) is 11.0. The van der Waals surface area contributed by atoms with Gasteiger partial charge in [0.1, 0.15) is 0 Å². The molecule has 2 aromatic carbocycles. The van der Waals surface area contributed by atoms with Crippen LogP contribution in [-0.2, 0) is 26.9 Å². The van der Waals surface area contributed by atoms with Gasteiger partial charge in [-0.05, 0) is 11.6 Å². The van der Waals surface area contributed by atoms with Crippen LogP contribution in [0.5, 0.6) is 0 Å². The molecule has 0 bridgehead atoms. The van der Waals surface area contributed by atoms with Crippen LogP contribution in [0, 0.1) is 22.5 Å². The number of nitrogens with zero attached hydrogens (tertiary/aromatic N) is 3. The Morgan fingerprint density at radius 1 is 1.23 bits per heavy atom. The highest BCUT2D eigenvalue weighted by Crippen LogP contribution is 2.23. The SMILES string of the molecule is C#CCn1c(=NC(=O)CCS(=O)(=O)Cc2ccccc2)sc2cc([N+](=O)[O-])ccc21. The first-order chi connectivity index (χ1) is 14.3. The maximum Gasteiger partial charge on any atom is 0.270 e. The number of rotatable bonds is 7. The maximum atomic E-state index is 12.3. The molecule has 10 heteroatoms. The third-order valence-corrected chi connectivity index (χ3v) is 6.84. The third kappa shape index (κ3) is 5.20. The van der Waals surface area contributed by atoms with E-state index in [9.17, 15) is 23.3 Å². The van der Waals surface area contributed by atoms with Crippen LogP contribution in [0.25, 0.3) is 10.2 Å². The third-order valence-electron chi connectivity index (χ3n) is 4.20. The number of hydrogen-bond acceptors (Lipinski definition) is 6. The molecule has 0 aliphatic carbocycles. The fourth-order valence-corrected chi connectivity index (χ4v) is 5.22. The summed E-state index contributed by atoms with van der Waals surface area (Å²) < 4.78 is 26.7. The second-order valence-electron chi connectivity index (χ2n) is 6.42. The topological polar surface area (TPSA) is 112 Å². The van der Waals surface area contributed by atoms with E-state index in [1.807, 2.05) is 0 Å². The minimum Gasteiger partial charge on any atom is -0.305 e. The van der Waals surface area contributed by atoms with Crippen molar-refractivity contribution in [1.82, 2.24) is 4.57 Å². The Labute approximate surface area is 176 Å². The van der Waals surface area contributed by atoms with E-state index < -0.39 is 20.7 Å². The first-order valence-corrected chi connectivity index (χ1v) is 11.5. The lowest BCUT2D eigenvalue weighted by molar-refractivity contribution is -0.384. The molecule has 0 fully saturated rings. The molecular weight excluding hydrogens is 426 g/mol. The number of carbonyl (C=O) groups is 1. The van der Waals surface area contributed by atoms with Gasteiger partial charge in [-0.1, -0.05) is 47.6 Å². The molecule has 0 radical (unpaired) electrons. The highest BCUT2D eigenvalue weighted by atomic mass is 32.2. The van der Waals surface area contributed by atoms with Gasteiger partial charge in [0.2, 0.25) is 5.91 Å². The smallest absolute Gasteiger partial charge is 0.270 e. The van der Waals surface area contributed by atoms with Crippen LogP contribution >= 0.6 is 11.3 Å². The summed E-state index contributed by atoms with van der Waals surface area (Å²) in [5.74, 6) is 1.40. The number of sulfone groups is 1. The normalized spacial score (nSPS) is 12.0. The van der Waals surface area contributed by atoms with E-state index in [1.54, 1.807) is 41.0 Å². The van der Waals surface area contributed by atoms with Crippen molar-refractivity contribution in [2.45, 2.75) is 18.7 Å². The number of non-ortho nitro benzene ring substituents is 1. The number of benzene rings is 2. The van der Waals surface area contributed by atoms with Gasteiger partial charge in [-0.15, -0.1) is 6.42 Å². The van der Waals surface area contributed by atoms with Crippen molar-refractivity contribution in [2.75, 3.05) is 5.75 Å². The van der Waals surface area contributed by atoms with E-state index in [2.05, 4.69) is 10.9 Å². The van der Waals surface area contributed by atoms with Crippen molar-refractivity contribution < 1.29 is 18.1 Å². The van der Waals surface area contributed by atoms with Gasteiger partial charge in [0.25, 0.3) is 5.69 Å². The number of nitro benzene ring substituents is 1. The lowest BCUT2D eigenvalue weighted by Crippen LogP contribution is -2.18. The van der Waals surface area contributed by atoms with Gasteiger partial charge in [-0.3, -0.25) is 14.9 Å². The zero-order valence-corrected chi connectivity index (χ0v) is 17.4. The van der Waals surface area contributed by atoms with Gasteiger partial charge < -0.3 is 4.57 Å². The number of fused-ring (bicyclic) bond motifs is 1. The van der Waals surface area contributed by atoms with Gasteiger partial charge in [0, 0.05) is 18.6 Å². The van der Waals surface area contributed by atoms with Crippen molar-refractivity contribution in [3.05, 3.63) is 69.0 Å². The Morgan fingerprint density at radius 3 is 2.63 bits per heavy atom. The molecule has 1 heterocycles. The predicted octanol–water partition coefficient (Wildman–Crippen LogP) is 2.68. The highest BCUT2D eigenvalue weighted by molar-refractivity contribution is 7.90. The standard InChI is InChI=1S/C20H17N3O5S2/c1-2-11-22-17-9-8-16(23(25)26)13-18(17)29-20(22)21-19(24)10-12-30(27,28)14-15-6-4-3-5-7-15/h1,3-9,13H,10-12,14H2. The Bertz CT molecular complexity index is 1320. The van der Waals surface area contributed by atoms with Crippen LogP contribution in [0.2, 0.25) is 0 Å². The Kier molecular flexibility index (Phi) is 6.44. The van der Waals surface area contributed by atoms with Crippen LogP contribution in [0.15, 0.2) is 53.5 Å². The molecule has 0 unspecified atom stereocenters. The molecule has 30 heavy (non-hydrogen) atoms. The molecule has 1 amide bonds. The van der Waals surface area contributed by atoms with Gasteiger partial charge >= 0.3 is 0 Å². The molecule has 1 aromatic heterocycles. The Hall–Kier alpha value is -3.29. The molecule has 154 valence electrons. The lowest BCUT2D eigenvalue weighted by Gasteiger charge is -2.03. The molecule has 0 aliphatic rings. The van der Waals surface area contributed by atoms with Crippen molar-refractivity contribution in [3.63, 3.8) is 0 Å². The van der Waals surface area contributed by atoms with E-state index in [0.29, 0.717) is 15.8 Å². The number of hydrogen-bond donors (Lipinski definition) is 0. The van der Waals surface area contributed by atoms with Crippen LogP contribution < -0.4 is 4.80 Å². The number of amides is 1. The number of thiazole rings is 1. The van der Waals surface area contributed by atoms with Gasteiger partial charge in [0.15, 0.2) is 14.6 Å². The minimum absolute atomic E-state index is 0.0820. The quantitative estimate of drug-likeness (QED) is 0.317. The molecule has 0 saturated carbocycles. The van der Waals surface area contributed by atoms with Gasteiger partial charge in [0.05, 0.1) is 33.2 Å². The summed E-state index contributed by atoms with van der Waals surface area (Å²) >= 11 is 1.09. The Morgan fingerprint density at radius 2 is 1.97 bits per heavy atom. The van der Waals surface area contributed by atoms with E-state index >= 15 is 0 Å². The van der Waals surface area contributed by atoms with Crippen LogP contribution in [0.1, 0.15) is 12.0 Å². The van der Waals surface area contributed by atoms with Gasteiger partial charge in [-0.25, -0.2) is 8.42 Å². The molecule has 3 rings (SSSR count). The van der Waals surface area contributed by atoms with Crippen molar-refractivity contribution in [1.29, 1.82) is 0 Å². The molecule has 8 nitrogen and oxygen atoms in total. The zero-order valence-electron chi connectivity index (χ0n) is 15.7. The monoisotopic (exact) mass is 443 g/mol. The number of carbonyl (C=O) groups excluding carboxylic acids is 1. The second-order valence-corrected chi connectivity index (χ2v) is 9.61. The lowest BCUT2D eigenvalue weighted by atomic mass is 10.2. The summed E-state index contributed by atoms with van der Waals surface area (Å²) in [6.45, 7) is 0.121. The van der Waals surface area contributed by atoms with Crippen LogP contribution in [0.3, 0.4) is 0 Å². The molecule has 0 saturated heterocycles. The van der Waals surface area contributed by atoms with Crippen molar-refractivity contribution in [3.8, 4) is 12.3 Å². The predicted molar refractivity (Wildman–Crippen MR) is 114 cm³/mol. The molecular formula is C20H17N3O5S2. The fraction of sp³-hybridized carbons (Fsp3) is 0.200. The molecule has 0 atom stereocenters. The van der Waals surface area contributed by atoms with E-state index in [0.717, 1.165) is 11.3 Å². The maximum absolute atomic E-state index is 12.3. The summed E-state index contributed by atoms with van der Waals surface area (Å²) in [4.78, 5) is 27.1. The summed E-state index contributed by atoms with van der Waals surface area (Å²) in [6.07, 6.45) is 5.13. The molecule has 0 aliphatic heterocycles. The summed E-state index contributed by atoms with van der Waals surface area (Å²) in [5.41, 5.74) is 1.19. The Balaban J connectivity index is 1.83. The molecule has 0 spiro atoms. The first kappa shape index (κ1) is 21.4. The minimum atomic E-state index is -3.47. The average molecular weight is 444 g/mol. The highest BCUT2D eigenvalue weighted by Gasteiger charge is 2.16. The summed E-state index contributed by atoms with van der Waals surface area (Å²) in [7, 11) is -3.47. The second kappa shape index (κ2) is 9.02. The van der Waals surface area contributed by atoms with Gasteiger partial charge in [-0.2, -0.15) is 4.99 Å². The fourth-order valence-electron chi connectivity index (χ4n) is 2.81. The van der Waals surface area contributed by atoms with E-state index in [1.165, 1.54) is 12.1 Å². The molecule has 0 N–H and O–H groups in total. The largest absolute Gasteiger partial charge is 0.305 e. The van der Waals surface area contributed by atoms with Crippen molar-refractivity contribution >= 4 is 43.0 Å². The van der Waals surface area contributed by atoms with E-state index in [4.69, 9.17) is 6.42 Å². The molecule has 3 aromatic rings. The number of aromatic nitrogens is 1. The first-order valence-electron chi connectivity index (χ1n) is 8.82. The van der Waals surface area contributed by atoms with Crippen LogP contribution in [0.4, 0.5) is 5.69 Å². The van der Waals surface area contributed by atoms with Crippen molar-refractivity contribution in [2.24, 2.45) is 4.99 Å². The average Bonchev–Trinajstić information content (AvgIpc) is 3.03. The van der Waals surface area contributed by atoms with Crippen LogP contribution in [-0.4, -0.2) is 29.6 Å².